The van der Waals surface area contributed by atoms with Crippen LogP contribution in [-0.2, 0) is 6.54 Å². The molecule has 1 fully saturated rings. The SMILES string of the molecule is N#CCCN(Cc1ccccc1)C(=O)c1cn2c3c(c(N4CCC(N)C4)c(F)cc3c1=O)Oc1cc3ccccc3cc1-2. The second kappa shape index (κ2) is 10.6. The van der Waals surface area contributed by atoms with Crippen LogP contribution in [0.15, 0.2) is 83.8 Å². The van der Waals surface area contributed by atoms with Crippen molar-refractivity contribution in [2.24, 2.45) is 5.73 Å². The van der Waals surface area contributed by atoms with Gasteiger partial charge in [0.1, 0.15) is 16.8 Å². The fourth-order valence-electron chi connectivity index (χ4n) is 6.14. The number of hydrogen-bond donors (Lipinski definition) is 1. The van der Waals surface area contributed by atoms with Crippen molar-refractivity contribution in [2.45, 2.75) is 25.4 Å². The van der Waals surface area contributed by atoms with Gasteiger partial charge in [-0.1, -0.05) is 54.6 Å². The van der Waals surface area contributed by atoms with Crippen molar-refractivity contribution in [3.05, 3.63) is 106 Å². The van der Waals surface area contributed by atoms with E-state index in [0.29, 0.717) is 36.5 Å². The van der Waals surface area contributed by atoms with E-state index in [1.54, 1.807) is 4.57 Å². The Kier molecular flexibility index (Phi) is 6.56. The number of pyridine rings is 1. The molecule has 0 saturated carbocycles. The molecule has 1 saturated heterocycles. The Bertz CT molecular complexity index is 2020. The van der Waals surface area contributed by atoms with Gasteiger partial charge in [-0.05, 0) is 41.0 Å². The first-order valence-corrected chi connectivity index (χ1v) is 14.3. The van der Waals surface area contributed by atoms with Crippen molar-refractivity contribution < 1.29 is 13.9 Å². The molecular weight excluding hydrogens is 545 g/mol. The van der Waals surface area contributed by atoms with E-state index in [9.17, 15) is 14.9 Å². The van der Waals surface area contributed by atoms with E-state index >= 15 is 4.39 Å². The Hall–Kier alpha value is -5.20. The summed E-state index contributed by atoms with van der Waals surface area (Å²) in [5.41, 5.74) is 7.62. The molecule has 2 N–H and O–H groups in total. The van der Waals surface area contributed by atoms with Gasteiger partial charge in [0.05, 0.1) is 23.6 Å². The maximum Gasteiger partial charge on any atom is 0.259 e. The van der Waals surface area contributed by atoms with Crippen LogP contribution in [0.2, 0.25) is 0 Å². The highest BCUT2D eigenvalue weighted by atomic mass is 19.1. The summed E-state index contributed by atoms with van der Waals surface area (Å²) in [5, 5.41) is 11.2. The third kappa shape index (κ3) is 4.57. The average molecular weight is 574 g/mol. The molecule has 0 spiro atoms. The number of amides is 1. The van der Waals surface area contributed by atoms with Crippen LogP contribution in [0, 0.1) is 17.1 Å². The lowest BCUT2D eigenvalue weighted by Crippen LogP contribution is -2.35. The fraction of sp³-hybridized carbons (Fsp3) is 0.206. The number of benzene rings is 4. The monoisotopic (exact) mass is 573 g/mol. The predicted molar refractivity (Wildman–Crippen MR) is 163 cm³/mol. The second-order valence-electron chi connectivity index (χ2n) is 11.1. The third-order valence-electron chi connectivity index (χ3n) is 8.24. The highest BCUT2D eigenvalue weighted by Crippen LogP contribution is 2.48. The van der Waals surface area contributed by atoms with Crippen LogP contribution < -0.4 is 20.8 Å². The maximum atomic E-state index is 16.0. The fourth-order valence-corrected chi connectivity index (χ4v) is 6.14. The van der Waals surface area contributed by atoms with E-state index in [1.165, 1.54) is 17.2 Å². The number of fused-ring (bicyclic) bond motifs is 3. The van der Waals surface area contributed by atoms with Gasteiger partial charge in [-0.15, -0.1) is 0 Å². The Labute approximate surface area is 246 Å². The van der Waals surface area contributed by atoms with Gasteiger partial charge in [-0.25, -0.2) is 4.39 Å². The zero-order chi connectivity index (χ0) is 29.7. The van der Waals surface area contributed by atoms with Gasteiger partial charge in [0.15, 0.2) is 17.3 Å². The molecule has 2 aliphatic rings. The topological polar surface area (TPSA) is 105 Å². The van der Waals surface area contributed by atoms with E-state index in [0.717, 1.165) is 16.3 Å². The van der Waals surface area contributed by atoms with Crippen LogP contribution >= 0.6 is 0 Å². The number of nitriles is 1. The first kappa shape index (κ1) is 26.7. The zero-order valence-corrected chi connectivity index (χ0v) is 23.3. The van der Waals surface area contributed by atoms with E-state index in [2.05, 4.69) is 6.07 Å². The maximum absolute atomic E-state index is 16.0. The quantitative estimate of drug-likeness (QED) is 0.283. The van der Waals surface area contributed by atoms with E-state index in [1.807, 2.05) is 71.6 Å². The minimum Gasteiger partial charge on any atom is -0.451 e. The van der Waals surface area contributed by atoms with Crippen LogP contribution in [0.4, 0.5) is 10.1 Å². The molecule has 3 heterocycles. The number of aromatic nitrogens is 1. The number of nitrogens with zero attached hydrogens (tertiary/aromatic N) is 4. The number of carbonyl (C=O) groups excluding carboxylic acids is 1. The van der Waals surface area contributed by atoms with E-state index < -0.39 is 17.2 Å². The minimum absolute atomic E-state index is 0.0457. The van der Waals surface area contributed by atoms with Gasteiger partial charge in [0.25, 0.3) is 5.91 Å². The molecule has 0 bridgehead atoms. The molecule has 43 heavy (non-hydrogen) atoms. The number of halogens is 1. The Morgan fingerprint density at radius 3 is 2.56 bits per heavy atom. The number of ether oxygens (including phenoxy) is 1. The number of rotatable bonds is 6. The molecule has 2 aliphatic heterocycles. The predicted octanol–water partition coefficient (Wildman–Crippen LogP) is 5.48. The molecule has 0 aliphatic carbocycles. The van der Waals surface area contributed by atoms with Crippen LogP contribution in [0.25, 0.3) is 27.4 Å². The van der Waals surface area contributed by atoms with Gasteiger partial charge in [0, 0.05) is 38.4 Å². The lowest BCUT2D eigenvalue weighted by molar-refractivity contribution is 0.0745. The molecule has 0 radical (unpaired) electrons. The molecule has 4 aromatic carbocycles. The highest BCUT2D eigenvalue weighted by Gasteiger charge is 2.33. The van der Waals surface area contributed by atoms with Crippen LogP contribution in [-0.4, -0.2) is 41.1 Å². The van der Waals surface area contributed by atoms with Crippen molar-refractivity contribution in [3.8, 4) is 23.3 Å². The number of carbonyl (C=O) groups is 1. The Balaban J connectivity index is 1.46. The van der Waals surface area contributed by atoms with Crippen molar-refractivity contribution in [1.82, 2.24) is 9.47 Å². The summed E-state index contributed by atoms with van der Waals surface area (Å²) in [6.07, 6.45) is 2.34. The smallest absolute Gasteiger partial charge is 0.259 e. The Morgan fingerprint density at radius 1 is 1.09 bits per heavy atom. The summed E-state index contributed by atoms with van der Waals surface area (Å²) in [4.78, 5) is 31.4. The second-order valence-corrected chi connectivity index (χ2v) is 11.1. The van der Waals surface area contributed by atoms with Gasteiger partial charge in [0.2, 0.25) is 5.43 Å². The van der Waals surface area contributed by atoms with Crippen molar-refractivity contribution in [3.63, 3.8) is 0 Å². The van der Waals surface area contributed by atoms with Crippen LogP contribution in [0.3, 0.4) is 0 Å². The molecule has 1 atom stereocenters. The summed E-state index contributed by atoms with van der Waals surface area (Å²) in [7, 11) is 0. The molecule has 5 aromatic rings. The summed E-state index contributed by atoms with van der Waals surface area (Å²) < 4.78 is 24.2. The molecule has 1 unspecified atom stereocenters. The number of nitrogens with two attached hydrogens (primary N) is 1. The normalized spacial score (nSPS) is 15.3. The van der Waals surface area contributed by atoms with Gasteiger partial charge >= 0.3 is 0 Å². The molecule has 1 amide bonds. The largest absolute Gasteiger partial charge is 0.451 e. The lowest BCUT2D eigenvalue weighted by atomic mass is 10.0. The molecule has 8 nitrogen and oxygen atoms in total. The van der Waals surface area contributed by atoms with Gasteiger partial charge in [-0.3, -0.25) is 9.59 Å². The zero-order valence-electron chi connectivity index (χ0n) is 23.3. The number of anilines is 1. The molecular formula is C34H28FN5O3. The highest BCUT2D eigenvalue weighted by molar-refractivity contribution is 6.02. The standard InChI is InChI=1S/C34H28FN5O3/c35-27-17-25-30-33(31(27)38-14-11-24(37)19-38)43-29-16-23-10-5-4-9-22(23)15-28(29)40(30)20-26(32(25)41)34(42)39(13-6-12-36)18-21-7-2-1-3-8-21/h1-5,7-10,15-17,20,24H,6,11,13-14,18-19,37H2. The first-order valence-electron chi connectivity index (χ1n) is 14.3. The molecule has 214 valence electrons. The summed E-state index contributed by atoms with van der Waals surface area (Å²) >= 11 is 0. The Morgan fingerprint density at radius 2 is 1.84 bits per heavy atom. The van der Waals surface area contributed by atoms with Crippen LogP contribution in [0.1, 0.15) is 28.8 Å². The summed E-state index contributed by atoms with van der Waals surface area (Å²) in [6, 6.07) is 24.2. The molecule has 1 aromatic heterocycles. The minimum atomic E-state index is -0.611. The molecule has 7 rings (SSSR count). The third-order valence-corrected chi connectivity index (χ3v) is 8.24. The summed E-state index contributed by atoms with van der Waals surface area (Å²) in [6.45, 7) is 1.37. The van der Waals surface area contributed by atoms with E-state index in [-0.39, 0.29) is 47.9 Å². The van der Waals surface area contributed by atoms with Gasteiger partial charge < -0.3 is 24.8 Å². The molecule has 9 heteroatoms. The lowest BCUT2D eigenvalue weighted by Gasteiger charge is -2.30. The van der Waals surface area contributed by atoms with Crippen LogP contribution in [0.5, 0.6) is 11.5 Å². The van der Waals surface area contributed by atoms with Crippen molar-refractivity contribution in [2.75, 3.05) is 24.5 Å². The van der Waals surface area contributed by atoms with E-state index in [4.69, 9.17) is 10.5 Å². The van der Waals surface area contributed by atoms with Crippen molar-refractivity contribution in [1.29, 1.82) is 5.26 Å². The van der Waals surface area contributed by atoms with Crippen molar-refractivity contribution >= 4 is 33.3 Å². The van der Waals surface area contributed by atoms with Gasteiger partial charge in [-0.2, -0.15) is 5.26 Å². The summed E-state index contributed by atoms with van der Waals surface area (Å²) in [5.74, 6) is -0.427. The number of hydrogen-bond acceptors (Lipinski definition) is 6. The first-order chi connectivity index (χ1) is 20.9. The average Bonchev–Trinajstić information content (AvgIpc) is 3.45.